The van der Waals surface area contributed by atoms with Crippen molar-refractivity contribution in [2.75, 3.05) is 0 Å². The van der Waals surface area contributed by atoms with E-state index in [0.29, 0.717) is 0 Å². The number of hydrogen-bond donors (Lipinski definition) is 1. The minimum Gasteiger partial charge on any atom is -0.463 e. The molecule has 1 N–H and O–H groups in total. The number of aromatic amines is 1. The number of aromatic nitrogens is 1. The third-order valence-electron chi connectivity index (χ3n) is 3.47. The Morgan fingerprint density at radius 3 is 2.80 bits per heavy atom. The molecule has 2 rings (SSSR count). The van der Waals surface area contributed by atoms with Crippen molar-refractivity contribution < 1.29 is 4.42 Å². The molecule has 0 aliphatic heterocycles. The summed E-state index contributed by atoms with van der Waals surface area (Å²) in [5, 5.41) is 0. The van der Waals surface area contributed by atoms with Crippen LogP contribution in [0.5, 0.6) is 0 Å². The summed E-state index contributed by atoms with van der Waals surface area (Å²) in [5.74, 6) is 0. The van der Waals surface area contributed by atoms with Crippen LogP contribution in [0.4, 0.5) is 0 Å². The van der Waals surface area contributed by atoms with E-state index in [1.54, 1.807) is 6.26 Å². The predicted molar refractivity (Wildman–Crippen MR) is 63.1 cm³/mol. The number of rotatable bonds is 4. The molecule has 0 saturated carbocycles. The van der Waals surface area contributed by atoms with Gasteiger partial charge in [0.1, 0.15) is 0 Å². The van der Waals surface area contributed by atoms with Crippen molar-refractivity contribution in [3.8, 4) is 0 Å². The van der Waals surface area contributed by atoms with Crippen LogP contribution in [0.2, 0.25) is 0 Å². The summed E-state index contributed by atoms with van der Waals surface area (Å²) < 4.78 is 5.39. The monoisotopic (exact) mass is 205 g/mol. The highest BCUT2D eigenvalue weighted by molar-refractivity contribution is 5.74. The van der Waals surface area contributed by atoms with Gasteiger partial charge in [-0.1, -0.05) is 27.2 Å². The Morgan fingerprint density at radius 1 is 1.40 bits per heavy atom. The van der Waals surface area contributed by atoms with Crippen molar-refractivity contribution in [3.63, 3.8) is 0 Å². The van der Waals surface area contributed by atoms with E-state index in [4.69, 9.17) is 4.42 Å². The van der Waals surface area contributed by atoms with Gasteiger partial charge < -0.3 is 9.40 Å². The summed E-state index contributed by atoms with van der Waals surface area (Å²) in [6.07, 6.45) is 5.31. The van der Waals surface area contributed by atoms with Crippen LogP contribution in [0.25, 0.3) is 11.1 Å². The topological polar surface area (TPSA) is 28.9 Å². The molecule has 0 radical (unpaired) electrons. The van der Waals surface area contributed by atoms with Gasteiger partial charge in [-0.3, -0.25) is 0 Å². The van der Waals surface area contributed by atoms with E-state index in [9.17, 15) is 0 Å². The van der Waals surface area contributed by atoms with E-state index in [2.05, 4.69) is 31.8 Å². The van der Waals surface area contributed by atoms with Gasteiger partial charge in [-0.15, -0.1) is 0 Å². The molecule has 0 amide bonds. The van der Waals surface area contributed by atoms with Crippen LogP contribution >= 0.6 is 0 Å². The Kier molecular flexibility index (Phi) is 2.59. The average molecular weight is 205 g/mol. The Morgan fingerprint density at radius 2 is 2.20 bits per heavy atom. The Bertz CT molecular complexity index is 412. The van der Waals surface area contributed by atoms with Crippen molar-refractivity contribution in [3.05, 3.63) is 24.1 Å². The van der Waals surface area contributed by atoms with Gasteiger partial charge in [0.25, 0.3) is 0 Å². The molecule has 1 atom stereocenters. The van der Waals surface area contributed by atoms with Crippen LogP contribution in [0.3, 0.4) is 0 Å². The van der Waals surface area contributed by atoms with E-state index >= 15 is 0 Å². The second-order valence-corrected chi connectivity index (χ2v) is 4.55. The predicted octanol–water partition coefficient (Wildman–Crippen LogP) is 4.23. The van der Waals surface area contributed by atoms with Gasteiger partial charge in [0.15, 0.2) is 5.58 Å². The number of hydrogen-bond acceptors (Lipinski definition) is 1. The summed E-state index contributed by atoms with van der Waals surface area (Å²) >= 11 is 0. The largest absolute Gasteiger partial charge is 0.463 e. The molecule has 2 heterocycles. The van der Waals surface area contributed by atoms with E-state index < -0.39 is 0 Å². The van der Waals surface area contributed by atoms with Crippen molar-refractivity contribution in [1.82, 2.24) is 4.98 Å². The molecular weight excluding hydrogens is 186 g/mol. The molecule has 2 aromatic heterocycles. The van der Waals surface area contributed by atoms with Crippen molar-refractivity contribution in [2.24, 2.45) is 0 Å². The minimum absolute atomic E-state index is 0.260. The highest BCUT2D eigenvalue weighted by Crippen LogP contribution is 2.33. The highest BCUT2D eigenvalue weighted by atomic mass is 16.3. The quantitative estimate of drug-likeness (QED) is 0.795. The molecule has 15 heavy (non-hydrogen) atoms. The highest BCUT2D eigenvalue weighted by Gasteiger charge is 2.25. The molecule has 2 heteroatoms. The van der Waals surface area contributed by atoms with Crippen LogP contribution in [-0.2, 0) is 5.41 Å². The van der Waals surface area contributed by atoms with E-state index in [1.165, 1.54) is 18.5 Å². The van der Waals surface area contributed by atoms with Gasteiger partial charge in [0, 0.05) is 23.2 Å². The van der Waals surface area contributed by atoms with Crippen molar-refractivity contribution in [1.29, 1.82) is 0 Å². The van der Waals surface area contributed by atoms with Crippen molar-refractivity contribution >= 4 is 11.1 Å². The summed E-state index contributed by atoms with van der Waals surface area (Å²) in [7, 11) is 0. The molecule has 0 aromatic carbocycles. The molecule has 1 unspecified atom stereocenters. The average Bonchev–Trinajstić information content (AvgIpc) is 2.77. The zero-order chi connectivity index (χ0) is 10.9. The lowest BCUT2D eigenvalue weighted by Crippen LogP contribution is -2.20. The molecule has 0 bridgehead atoms. The third kappa shape index (κ3) is 1.69. The molecule has 82 valence electrons. The van der Waals surface area contributed by atoms with Gasteiger partial charge in [0.2, 0.25) is 0 Å². The summed E-state index contributed by atoms with van der Waals surface area (Å²) in [4.78, 5) is 3.46. The number of H-pyrrole nitrogens is 1. The lowest BCUT2D eigenvalue weighted by atomic mass is 9.80. The standard InChI is InChI=1S/C13H19NO/c1-4-7-13(3,5-2)12-9-11-10(14-12)6-8-15-11/h6,8-9,14H,4-5,7H2,1-3H3. The number of fused-ring (bicyclic) bond motifs is 1. The Hall–Kier alpha value is -1.18. The Labute approximate surface area is 90.7 Å². The molecule has 0 saturated heterocycles. The molecule has 2 nitrogen and oxygen atoms in total. The first kappa shape index (κ1) is 10.3. The van der Waals surface area contributed by atoms with Crippen molar-refractivity contribution in [2.45, 2.75) is 45.4 Å². The van der Waals surface area contributed by atoms with E-state index in [-0.39, 0.29) is 5.41 Å². The summed E-state index contributed by atoms with van der Waals surface area (Å²) in [6.45, 7) is 6.81. The number of nitrogens with one attached hydrogen (secondary N) is 1. The molecule has 0 spiro atoms. The fraction of sp³-hybridized carbons (Fsp3) is 0.538. The summed E-state index contributed by atoms with van der Waals surface area (Å²) in [5.41, 5.74) is 3.65. The molecule has 0 aliphatic rings. The normalized spacial score (nSPS) is 15.7. The van der Waals surface area contributed by atoms with Crippen LogP contribution in [0.15, 0.2) is 22.8 Å². The molecular formula is C13H19NO. The minimum atomic E-state index is 0.260. The van der Waals surface area contributed by atoms with Gasteiger partial charge in [-0.25, -0.2) is 0 Å². The van der Waals surface area contributed by atoms with Gasteiger partial charge >= 0.3 is 0 Å². The maximum Gasteiger partial charge on any atom is 0.151 e. The summed E-state index contributed by atoms with van der Waals surface area (Å²) in [6, 6.07) is 4.13. The Balaban J connectivity index is 2.39. The van der Waals surface area contributed by atoms with Crippen LogP contribution < -0.4 is 0 Å². The SMILES string of the molecule is CCCC(C)(CC)c1cc2occc2[nH]1. The van der Waals surface area contributed by atoms with Crippen LogP contribution in [-0.4, -0.2) is 4.98 Å². The fourth-order valence-corrected chi connectivity index (χ4v) is 2.23. The van der Waals surface area contributed by atoms with E-state index in [0.717, 1.165) is 17.5 Å². The van der Waals surface area contributed by atoms with E-state index in [1.807, 2.05) is 6.07 Å². The zero-order valence-electron chi connectivity index (χ0n) is 9.76. The van der Waals surface area contributed by atoms with Crippen LogP contribution in [0, 0.1) is 0 Å². The molecule has 2 aromatic rings. The first-order valence-electron chi connectivity index (χ1n) is 5.76. The maximum atomic E-state index is 5.39. The first-order chi connectivity index (χ1) is 7.19. The lowest BCUT2D eigenvalue weighted by Gasteiger charge is -2.26. The van der Waals surface area contributed by atoms with Gasteiger partial charge in [-0.05, 0) is 12.8 Å². The fourth-order valence-electron chi connectivity index (χ4n) is 2.23. The molecule has 0 aliphatic carbocycles. The lowest BCUT2D eigenvalue weighted by molar-refractivity contribution is 0.404. The van der Waals surface area contributed by atoms with Gasteiger partial charge in [-0.2, -0.15) is 0 Å². The second kappa shape index (κ2) is 3.76. The third-order valence-corrected chi connectivity index (χ3v) is 3.47. The zero-order valence-corrected chi connectivity index (χ0v) is 9.76. The first-order valence-corrected chi connectivity index (χ1v) is 5.76. The second-order valence-electron chi connectivity index (χ2n) is 4.55. The maximum absolute atomic E-state index is 5.39. The smallest absolute Gasteiger partial charge is 0.151 e. The molecule has 0 fully saturated rings. The van der Waals surface area contributed by atoms with Crippen LogP contribution in [0.1, 0.15) is 45.7 Å². The van der Waals surface area contributed by atoms with Gasteiger partial charge in [0.05, 0.1) is 11.8 Å². The number of furan rings is 1.